The number of rotatable bonds is 8. The molecule has 7 rings (SSSR count). The quantitative estimate of drug-likeness (QED) is 0.172. The van der Waals surface area contributed by atoms with Crippen LogP contribution >= 0.6 is 0 Å². The summed E-state index contributed by atoms with van der Waals surface area (Å²) in [6, 6.07) is 39.9. The van der Waals surface area contributed by atoms with E-state index >= 15 is 0 Å². The first kappa shape index (κ1) is 27.4. The van der Waals surface area contributed by atoms with Gasteiger partial charge in [-0.3, -0.25) is 4.98 Å². The van der Waals surface area contributed by atoms with Crippen LogP contribution in [0.25, 0.3) is 22.4 Å². The van der Waals surface area contributed by atoms with Gasteiger partial charge in [-0.2, -0.15) is 0 Å². The number of para-hydroxylation sites is 1. The monoisotopic (exact) mass is 578 g/mol. The summed E-state index contributed by atoms with van der Waals surface area (Å²) >= 11 is 0. The third-order valence-electron chi connectivity index (χ3n) is 7.86. The maximum Gasteiger partial charge on any atom is 0.495 e. The summed E-state index contributed by atoms with van der Waals surface area (Å²) in [6.45, 7) is 2.01. The second-order valence-corrected chi connectivity index (χ2v) is 11.1. The Balaban J connectivity index is 1.24. The van der Waals surface area contributed by atoms with Crippen molar-refractivity contribution in [3.63, 3.8) is 0 Å². The Labute approximate surface area is 258 Å². The average molecular weight is 579 g/mol. The molecule has 3 heterocycles. The lowest BCUT2D eigenvalue weighted by Crippen LogP contribution is -2.30. The van der Waals surface area contributed by atoms with E-state index in [9.17, 15) is 0 Å². The van der Waals surface area contributed by atoms with Crippen molar-refractivity contribution in [3.8, 4) is 45.4 Å². The van der Waals surface area contributed by atoms with Gasteiger partial charge in [-0.25, -0.2) is 0 Å². The standard InChI is InChI=1S/C38H34N4O2/c1-40-23-24-42(28-40)31-13-10-18-35(27-31)44-34-17-9-12-30(26-34)37-38(41-21-6-3-7-22-41)36(19-20-39-37)29-11-8-16-33(25-29)43-32-14-4-2-5-15-32/h2,4-5,8-20,23-27H,3,6-7,21-22H2,1H3/q+2. The average Bonchev–Trinajstić information content (AvgIpc) is 3.52. The number of pyridine rings is 1. The lowest BCUT2D eigenvalue weighted by atomic mass is 9.97. The minimum Gasteiger partial charge on any atom is -0.457 e. The molecule has 4 aromatic carbocycles. The van der Waals surface area contributed by atoms with Crippen molar-refractivity contribution in [2.75, 3.05) is 25.0 Å². The summed E-state index contributed by atoms with van der Waals surface area (Å²) in [5.74, 6) is 3.15. The number of hydrogen-bond donors (Lipinski definition) is 0. The molecule has 0 radical (unpaired) electrons. The van der Waals surface area contributed by atoms with Crippen LogP contribution in [0.4, 0.5) is 11.4 Å². The van der Waals surface area contributed by atoms with E-state index in [0.29, 0.717) is 0 Å². The molecule has 2 aliphatic rings. The Morgan fingerprint density at radius 2 is 1.32 bits per heavy atom. The van der Waals surface area contributed by atoms with Crippen molar-refractivity contribution in [2.24, 2.45) is 0 Å². The van der Waals surface area contributed by atoms with Crippen molar-refractivity contribution in [1.82, 2.24) is 4.98 Å². The molecule has 6 heteroatoms. The first-order valence-electron chi connectivity index (χ1n) is 15.1. The second kappa shape index (κ2) is 12.4. The highest BCUT2D eigenvalue weighted by atomic mass is 16.5. The molecule has 0 amide bonds. The molecule has 0 N–H and O–H groups in total. The molecular weight excluding hydrogens is 544 g/mol. The van der Waals surface area contributed by atoms with Crippen LogP contribution in [0.15, 0.2) is 128 Å². The second-order valence-electron chi connectivity index (χ2n) is 11.1. The van der Waals surface area contributed by atoms with E-state index in [1.54, 1.807) is 0 Å². The van der Waals surface area contributed by atoms with Crippen LogP contribution in [0.1, 0.15) is 19.3 Å². The van der Waals surface area contributed by atoms with Gasteiger partial charge in [0.2, 0.25) is 11.9 Å². The fourth-order valence-corrected chi connectivity index (χ4v) is 5.77. The highest BCUT2D eigenvalue weighted by molar-refractivity contribution is 5.89. The Hall–Kier alpha value is -5.45. The minimum atomic E-state index is 0.761. The number of piperidine rings is 1. The topological polar surface area (TPSA) is 40.6 Å². The molecule has 0 spiro atoms. The number of anilines is 1. The normalized spacial score (nSPS) is 14.2. The fourth-order valence-electron chi connectivity index (χ4n) is 5.77. The van der Waals surface area contributed by atoms with E-state index in [0.717, 1.165) is 69.8 Å². The van der Waals surface area contributed by atoms with Crippen molar-refractivity contribution >= 4 is 17.4 Å². The van der Waals surface area contributed by atoms with Crippen molar-refractivity contribution in [2.45, 2.75) is 19.3 Å². The van der Waals surface area contributed by atoms with Gasteiger partial charge in [0.05, 0.1) is 17.4 Å². The van der Waals surface area contributed by atoms with Gasteiger partial charge in [0.25, 0.3) is 6.20 Å². The predicted molar refractivity (Wildman–Crippen MR) is 174 cm³/mol. The molecule has 0 unspecified atom stereocenters. The van der Waals surface area contributed by atoms with E-state index in [4.69, 9.17) is 14.5 Å². The first-order chi connectivity index (χ1) is 21.7. The molecule has 1 aromatic heterocycles. The summed E-state index contributed by atoms with van der Waals surface area (Å²) in [6.07, 6.45) is 9.44. The van der Waals surface area contributed by atoms with Crippen LogP contribution in [-0.4, -0.2) is 40.3 Å². The van der Waals surface area contributed by atoms with Crippen molar-refractivity contribution in [1.29, 1.82) is 0 Å². The zero-order valence-corrected chi connectivity index (χ0v) is 24.8. The van der Waals surface area contributed by atoms with Crippen LogP contribution in [-0.2, 0) is 0 Å². The lowest BCUT2D eigenvalue weighted by molar-refractivity contribution is -0.429. The van der Waals surface area contributed by atoms with Crippen molar-refractivity contribution in [3.05, 3.63) is 128 Å². The number of benzene rings is 4. The molecule has 0 saturated carbocycles. The molecule has 216 valence electrons. The maximum atomic E-state index is 6.39. The van der Waals surface area contributed by atoms with Crippen LogP contribution < -0.4 is 14.4 Å². The Morgan fingerprint density at radius 3 is 2.07 bits per heavy atom. The minimum absolute atomic E-state index is 0.761. The molecule has 0 bridgehead atoms. The van der Waals surface area contributed by atoms with Crippen LogP contribution in [0.3, 0.4) is 0 Å². The summed E-state index contributed by atoms with van der Waals surface area (Å²) < 4.78 is 16.4. The van der Waals surface area contributed by atoms with E-state index in [1.165, 1.54) is 19.3 Å². The molecule has 1 fully saturated rings. The third kappa shape index (κ3) is 6.03. The summed E-state index contributed by atoms with van der Waals surface area (Å²) in [7, 11) is 1.96. The van der Waals surface area contributed by atoms with Crippen molar-refractivity contribution < 1.29 is 18.6 Å². The summed E-state index contributed by atoms with van der Waals surface area (Å²) in [4.78, 5) is 7.46. The lowest BCUT2D eigenvalue weighted by Gasteiger charge is -2.32. The molecule has 0 atom stereocenters. The molecule has 6 nitrogen and oxygen atoms in total. The van der Waals surface area contributed by atoms with Gasteiger partial charge in [0.1, 0.15) is 23.0 Å². The zero-order chi connectivity index (χ0) is 29.7. The Kier molecular flexibility index (Phi) is 7.73. The number of ether oxygens (including phenoxy) is 2. The van der Waals surface area contributed by atoms with Gasteiger partial charge in [-0.1, -0.05) is 57.7 Å². The van der Waals surface area contributed by atoms with Crippen LogP contribution in [0.5, 0.6) is 23.0 Å². The smallest absolute Gasteiger partial charge is 0.457 e. The SMILES string of the molecule is C[N+]1=C=[N+](c2cccc(Oc3cccc(-c4nccc(-c5cccc(Oc6ccccc6)c5)c4N4CCCCC4)c3)c2)C=C1. The molecule has 1 saturated heterocycles. The Morgan fingerprint density at radius 1 is 0.659 bits per heavy atom. The van der Waals surface area contributed by atoms with E-state index in [-0.39, 0.29) is 0 Å². The molecule has 0 aliphatic carbocycles. The van der Waals surface area contributed by atoms with Gasteiger partial charge >= 0.3 is 6.01 Å². The number of nitrogens with zero attached hydrogens (tertiary/aromatic N) is 4. The highest BCUT2D eigenvalue weighted by Crippen LogP contribution is 2.41. The highest BCUT2D eigenvalue weighted by Gasteiger charge is 2.22. The van der Waals surface area contributed by atoms with Gasteiger partial charge < -0.3 is 14.4 Å². The molecule has 2 aliphatic heterocycles. The van der Waals surface area contributed by atoms with Crippen LogP contribution in [0, 0.1) is 0 Å². The van der Waals surface area contributed by atoms with E-state index in [2.05, 4.69) is 47.3 Å². The van der Waals surface area contributed by atoms with E-state index in [1.807, 2.05) is 108 Å². The zero-order valence-electron chi connectivity index (χ0n) is 24.8. The maximum absolute atomic E-state index is 6.39. The predicted octanol–water partition coefficient (Wildman–Crippen LogP) is 8.94. The van der Waals surface area contributed by atoms with E-state index < -0.39 is 0 Å². The molecule has 44 heavy (non-hydrogen) atoms. The molecular formula is C38H34N4O2+2. The van der Waals surface area contributed by atoms with Gasteiger partial charge in [-0.05, 0) is 73.4 Å². The van der Waals surface area contributed by atoms with Crippen LogP contribution in [0.2, 0.25) is 0 Å². The number of aromatic nitrogens is 1. The summed E-state index contributed by atoms with van der Waals surface area (Å²) in [5, 5.41) is 0. The largest absolute Gasteiger partial charge is 0.495 e. The van der Waals surface area contributed by atoms with Gasteiger partial charge in [0, 0.05) is 36.5 Å². The first-order valence-corrected chi connectivity index (χ1v) is 15.1. The summed E-state index contributed by atoms with van der Waals surface area (Å²) in [5.41, 5.74) is 6.35. The Bertz CT molecular complexity index is 1900. The molecule has 5 aromatic rings. The van der Waals surface area contributed by atoms with Gasteiger partial charge in [0.15, 0.2) is 7.05 Å². The third-order valence-corrected chi connectivity index (χ3v) is 7.86. The fraction of sp³-hybridized carbons (Fsp3) is 0.158. The van der Waals surface area contributed by atoms with Gasteiger partial charge in [-0.15, -0.1) is 0 Å². The number of hydrogen-bond acceptors (Lipinski definition) is 4.